The summed E-state index contributed by atoms with van der Waals surface area (Å²) in [5.74, 6) is 0.792. The Labute approximate surface area is 89.9 Å². The van der Waals surface area contributed by atoms with Gasteiger partial charge in [-0.3, -0.25) is 0 Å². The highest BCUT2D eigenvalue weighted by Gasteiger charge is 2.08. The average Bonchev–Trinajstić information content (AvgIpc) is 2.25. The van der Waals surface area contributed by atoms with E-state index in [1.807, 2.05) is 18.0 Å². The van der Waals surface area contributed by atoms with Gasteiger partial charge < -0.3 is 15.7 Å². The summed E-state index contributed by atoms with van der Waals surface area (Å²) < 4.78 is 0. The molecule has 1 aromatic rings. The van der Waals surface area contributed by atoms with Gasteiger partial charge in [0, 0.05) is 25.7 Å². The van der Waals surface area contributed by atoms with Crippen LogP contribution in [0.5, 0.6) is 0 Å². The number of aromatic nitrogens is 2. The quantitative estimate of drug-likeness (QED) is 0.723. The number of nitrogens with two attached hydrogens (primary N) is 1. The lowest BCUT2D eigenvalue weighted by molar-refractivity contribution is 0.186. The van der Waals surface area contributed by atoms with Crippen LogP contribution in [0, 0.1) is 0 Å². The Bertz CT molecular complexity index is 303. The molecule has 1 aromatic heterocycles. The van der Waals surface area contributed by atoms with Gasteiger partial charge in [0.25, 0.3) is 0 Å². The van der Waals surface area contributed by atoms with E-state index in [-0.39, 0.29) is 6.10 Å². The van der Waals surface area contributed by atoms with Crippen LogP contribution in [-0.4, -0.2) is 35.0 Å². The van der Waals surface area contributed by atoms with Crippen LogP contribution in [0.4, 0.5) is 5.82 Å². The number of nitrogens with zero attached hydrogens (tertiary/aromatic N) is 3. The molecule has 84 valence electrons. The third kappa shape index (κ3) is 3.45. The van der Waals surface area contributed by atoms with Crippen LogP contribution in [0.25, 0.3) is 0 Å². The summed E-state index contributed by atoms with van der Waals surface area (Å²) in [5, 5.41) is 17.1. The molecule has 0 amide bonds. The van der Waals surface area contributed by atoms with Crippen LogP contribution in [0.1, 0.15) is 18.9 Å². The zero-order valence-corrected chi connectivity index (χ0v) is 9.22. The molecule has 1 unspecified atom stereocenters. The lowest BCUT2D eigenvalue weighted by Gasteiger charge is -2.20. The number of aliphatic hydroxyl groups is 1. The largest absolute Gasteiger partial charge is 0.393 e. The number of aliphatic hydroxyl groups excluding tert-OH is 1. The van der Waals surface area contributed by atoms with Crippen LogP contribution in [0.2, 0.25) is 0 Å². The van der Waals surface area contributed by atoms with Gasteiger partial charge >= 0.3 is 0 Å². The number of hydrogen-bond acceptors (Lipinski definition) is 5. The molecule has 0 bridgehead atoms. The third-order valence-electron chi connectivity index (χ3n) is 2.25. The first-order valence-electron chi connectivity index (χ1n) is 5.05. The summed E-state index contributed by atoms with van der Waals surface area (Å²) in [6, 6.07) is 1.86. The van der Waals surface area contributed by atoms with Crippen molar-refractivity contribution in [1.29, 1.82) is 0 Å². The van der Waals surface area contributed by atoms with Gasteiger partial charge in [0.15, 0.2) is 5.82 Å². The molecule has 0 aromatic carbocycles. The zero-order valence-electron chi connectivity index (χ0n) is 9.22. The fourth-order valence-corrected chi connectivity index (χ4v) is 1.32. The van der Waals surface area contributed by atoms with Crippen molar-refractivity contribution in [2.24, 2.45) is 5.73 Å². The highest BCUT2D eigenvalue weighted by Crippen LogP contribution is 2.14. The monoisotopic (exact) mass is 210 g/mol. The second kappa shape index (κ2) is 5.63. The molecule has 0 fully saturated rings. The summed E-state index contributed by atoms with van der Waals surface area (Å²) in [7, 11) is 1.92. The van der Waals surface area contributed by atoms with E-state index >= 15 is 0 Å². The standard InChI is InChI=1S/C10H18N4O/c1-8(15)4-6-14(2)10-9(7-11)3-5-12-13-10/h3,5,8,15H,4,6-7,11H2,1-2H3. The predicted octanol–water partition coefficient (Wildman–Crippen LogP) is 0.142. The minimum atomic E-state index is -0.301. The third-order valence-corrected chi connectivity index (χ3v) is 2.25. The Morgan fingerprint density at radius 1 is 1.60 bits per heavy atom. The lowest BCUT2D eigenvalue weighted by Crippen LogP contribution is -2.24. The Morgan fingerprint density at radius 3 is 2.93 bits per heavy atom. The second-order valence-electron chi connectivity index (χ2n) is 3.64. The average molecular weight is 210 g/mol. The van der Waals surface area contributed by atoms with Crippen molar-refractivity contribution in [3.05, 3.63) is 17.8 Å². The Balaban J connectivity index is 2.68. The van der Waals surface area contributed by atoms with Crippen molar-refractivity contribution in [3.8, 4) is 0 Å². The smallest absolute Gasteiger partial charge is 0.155 e. The van der Waals surface area contributed by atoms with Gasteiger partial charge in [-0.1, -0.05) is 0 Å². The molecule has 0 radical (unpaired) electrons. The van der Waals surface area contributed by atoms with Crippen molar-refractivity contribution in [2.75, 3.05) is 18.5 Å². The molecular formula is C10H18N4O. The maximum absolute atomic E-state index is 9.19. The Hall–Kier alpha value is -1.20. The number of anilines is 1. The molecule has 1 rings (SSSR count). The van der Waals surface area contributed by atoms with Crippen molar-refractivity contribution in [2.45, 2.75) is 26.0 Å². The molecule has 1 atom stereocenters. The molecule has 1 heterocycles. The van der Waals surface area contributed by atoms with E-state index in [4.69, 9.17) is 5.73 Å². The minimum absolute atomic E-state index is 0.301. The first-order chi connectivity index (χ1) is 7.15. The molecule has 0 aliphatic carbocycles. The van der Waals surface area contributed by atoms with Gasteiger partial charge in [-0.25, -0.2) is 0 Å². The maximum atomic E-state index is 9.19. The SMILES string of the molecule is CC(O)CCN(C)c1nnccc1CN. The summed E-state index contributed by atoms with van der Waals surface area (Å²) in [6.07, 6.45) is 2.04. The van der Waals surface area contributed by atoms with Crippen molar-refractivity contribution in [3.63, 3.8) is 0 Å². The maximum Gasteiger partial charge on any atom is 0.155 e. The van der Waals surface area contributed by atoms with E-state index in [0.717, 1.165) is 17.9 Å². The molecule has 0 aliphatic heterocycles. The van der Waals surface area contributed by atoms with E-state index in [1.54, 1.807) is 13.1 Å². The van der Waals surface area contributed by atoms with E-state index in [9.17, 15) is 5.11 Å². The lowest BCUT2D eigenvalue weighted by atomic mass is 10.2. The van der Waals surface area contributed by atoms with Crippen LogP contribution in [0.15, 0.2) is 12.3 Å². The van der Waals surface area contributed by atoms with Crippen LogP contribution >= 0.6 is 0 Å². The van der Waals surface area contributed by atoms with Crippen LogP contribution in [0.3, 0.4) is 0 Å². The fourth-order valence-electron chi connectivity index (χ4n) is 1.32. The molecule has 0 spiro atoms. The Kier molecular flexibility index (Phi) is 4.45. The van der Waals surface area contributed by atoms with Gasteiger partial charge in [0.1, 0.15) is 0 Å². The first-order valence-corrected chi connectivity index (χ1v) is 5.05. The highest BCUT2D eigenvalue weighted by molar-refractivity contribution is 5.44. The Morgan fingerprint density at radius 2 is 2.33 bits per heavy atom. The highest BCUT2D eigenvalue weighted by atomic mass is 16.3. The molecule has 0 saturated carbocycles. The van der Waals surface area contributed by atoms with Crippen molar-refractivity contribution >= 4 is 5.82 Å². The van der Waals surface area contributed by atoms with Crippen LogP contribution in [-0.2, 0) is 6.54 Å². The topological polar surface area (TPSA) is 75.3 Å². The van der Waals surface area contributed by atoms with Crippen molar-refractivity contribution in [1.82, 2.24) is 10.2 Å². The van der Waals surface area contributed by atoms with Gasteiger partial charge in [-0.2, -0.15) is 5.10 Å². The number of rotatable bonds is 5. The summed E-state index contributed by atoms with van der Waals surface area (Å²) in [5.41, 5.74) is 6.57. The summed E-state index contributed by atoms with van der Waals surface area (Å²) in [6.45, 7) is 2.96. The zero-order chi connectivity index (χ0) is 11.3. The second-order valence-corrected chi connectivity index (χ2v) is 3.64. The van der Waals surface area contributed by atoms with Gasteiger partial charge in [-0.15, -0.1) is 5.10 Å². The molecule has 3 N–H and O–H groups in total. The van der Waals surface area contributed by atoms with Gasteiger partial charge in [-0.05, 0) is 19.4 Å². The fraction of sp³-hybridized carbons (Fsp3) is 0.600. The minimum Gasteiger partial charge on any atom is -0.393 e. The van der Waals surface area contributed by atoms with E-state index in [2.05, 4.69) is 10.2 Å². The van der Waals surface area contributed by atoms with Gasteiger partial charge in [0.2, 0.25) is 0 Å². The number of hydrogen-bond donors (Lipinski definition) is 2. The van der Waals surface area contributed by atoms with Crippen molar-refractivity contribution < 1.29 is 5.11 Å². The summed E-state index contributed by atoms with van der Waals surface area (Å²) >= 11 is 0. The molecule has 5 heteroatoms. The van der Waals surface area contributed by atoms with E-state index in [1.165, 1.54) is 0 Å². The molecular weight excluding hydrogens is 192 g/mol. The van der Waals surface area contributed by atoms with E-state index < -0.39 is 0 Å². The molecule has 0 saturated heterocycles. The molecule has 15 heavy (non-hydrogen) atoms. The first kappa shape index (κ1) is 11.9. The molecule has 0 aliphatic rings. The van der Waals surface area contributed by atoms with Gasteiger partial charge in [0.05, 0.1) is 12.3 Å². The molecule has 5 nitrogen and oxygen atoms in total. The predicted molar refractivity (Wildman–Crippen MR) is 59.5 cm³/mol. The normalized spacial score (nSPS) is 12.5. The van der Waals surface area contributed by atoms with Crippen LogP contribution < -0.4 is 10.6 Å². The van der Waals surface area contributed by atoms with E-state index in [0.29, 0.717) is 13.0 Å². The summed E-state index contributed by atoms with van der Waals surface area (Å²) in [4.78, 5) is 1.96.